The van der Waals surface area contributed by atoms with Gasteiger partial charge in [0.05, 0.1) is 18.9 Å². The zero-order valence-corrected chi connectivity index (χ0v) is 13.5. The van der Waals surface area contributed by atoms with Crippen LogP contribution in [0.25, 0.3) is 0 Å². The molecule has 3 heterocycles. The first-order valence-corrected chi connectivity index (χ1v) is 8.38. The van der Waals surface area contributed by atoms with Gasteiger partial charge in [0.25, 0.3) is 11.8 Å². The van der Waals surface area contributed by atoms with Crippen LogP contribution < -0.4 is 10.1 Å². The van der Waals surface area contributed by atoms with Crippen molar-refractivity contribution in [3.63, 3.8) is 0 Å². The van der Waals surface area contributed by atoms with Crippen LogP contribution in [0.5, 0.6) is 5.75 Å². The second kappa shape index (κ2) is 6.41. The normalized spacial score (nSPS) is 24.2. The second-order valence-corrected chi connectivity index (χ2v) is 6.39. The van der Waals surface area contributed by atoms with Gasteiger partial charge in [-0.25, -0.2) is 0 Å². The SMILES string of the molecule is O=C1COc2ccc(C(=O)N3CCC(N4CCOCC4)C3)cc2N1. The van der Waals surface area contributed by atoms with Crippen LogP contribution in [-0.4, -0.2) is 73.7 Å². The molecule has 24 heavy (non-hydrogen) atoms. The molecule has 1 atom stereocenters. The van der Waals surface area contributed by atoms with Crippen molar-refractivity contribution in [2.24, 2.45) is 0 Å². The number of carbonyl (C=O) groups is 2. The molecule has 1 unspecified atom stereocenters. The molecule has 1 N–H and O–H groups in total. The third-order valence-corrected chi connectivity index (χ3v) is 4.87. The third kappa shape index (κ3) is 2.97. The average Bonchev–Trinajstić information content (AvgIpc) is 3.11. The van der Waals surface area contributed by atoms with Gasteiger partial charge in [0.15, 0.2) is 6.61 Å². The summed E-state index contributed by atoms with van der Waals surface area (Å²) < 4.78 is 10.7. The number of benzene rings is 1. The molecular formula is C17H21N3O4. The van der Waals surface area contributed by atoms with Crippen molar-refractivity contribution in [1.82, 2.24) is 9.80 Å². The summed E-state index contributed by atoms with van der Waals surface area (Å²) in [5.41, 5.74) is 1.16. The van der Waals surface area contributed by atoms with E-state index in [1.165, 1.54) is 0 Å². The van der Waals surface area contributed by atoms with Gasteiger partial charge in [-0.1, -0.05) is 0 Å². The van der Waals surface area contributed by atoms with Gasteiger partial charge < -0.3 is 19.7 Å². The van der Waals surface area contributed by atoms with E-state index >= 15 is 0 Å². The highest BCUT2D eigenvalue weighted by Crippen LogP contribution is 2.29. The summed E-state index contributed by atoms with van der Waals surface area (Å²) >= 11 is 0. The summed E-state index contributed by atoms with van der Waals surface area (Å²) in [7, 11) is 0. The summed E-state index contributed by atoms with van der Waals surface area (Å²) in [6.45, 7) is 4.96. The lowest BCUT2D eigenvalue weighted by molar-refractivity contribution is -0.118. The van der Waals surface area contributed by atoms with Crippen LogP contribution in [0, 0.1) is 0 Å². The first-order valence-electron chi connectivity index (χ1n) is 8.38. The van der Waals surface area contributed by atoms with Gasteiger partial charge in [0, 0.05) is 37.8 Å². The fraction of sp³-hybridized carbons (Fsp3) is 0.529. The molecule has 0 bridgehead atoms. The van der Waals surface area contributed by atoms with Crippen LogP contribution in [0.15, 0.2) is 18.2 Å². The van der Waals surface area contributed by atoms with Crippen LogP contribution in [0.3, 0.4) is 0 Å². The Labute approximate surface area is 140 Å². The molecule has 7 nitrogen and oxygen atoms in total. The Balaban J connectivity index is 1.44. The number of ether oxygens (including phenoxy) is 2. The van der Waals surface area contributed by atoms with Gasteiger partial charge in [0.1, 0.15) is 5.75 Å². The van der Waals surface area contributed by atoms with Gasteiger partial charge in [-0.05, 0) is 24.6 Å². The summed E-state index contributed by atoms with van der Waals surface area (Å²) in [5.74, 6) is 0.424. The first-order chi connectivity index (χ1) is 11.7. The molecule has 0 spiro atoms. The van der Waals surface area contributed by atoms with Crippen LogP contribution in [-0.2, 0) is 9.53 Å². The van der Waals surface area contributed by atoms with E-state index in [-0.39, 0.29) is 18.4 Å². The van der Waals surface area contributed by atoms with E-state index in [2.05, 4.69) is 10.2 Å². The molecule has 0 aliphatic carbocycles. The molecule has 2 amide bonds. The summed E-state index contributed by atoms with van der Waals surface area (Å²) in [6.07, 6.45) is 0.997. The minimum atomic E-state index is -0.194. The Kier molecular flexibility index (Phi) is 4.12. The summed E-state index contributed by atoms with van der Waals surface area (Å²) in [6, 6.07) is 5.63. The number of nitrogens with one attached hydrogen (secondary N) is 1. The molecule has 3 aliphatic heterocycles. The van der Waals surface area contributed by atoms with Gasteiger partial charge in [-0.15, -0.1) is 0 Å². The minimum Gasteiger partial charge on any atom is -0.482 e. The maximum Gasteiger partial charge on any atom is 0.262 e. The van der Waals surface area contributed by atoms with E-state index in [0.29, 0.717) is 23.0 Å². The monoisotopic (exact) mass is 331 g/mol. The highest BCUT2D eigenvalue weighted by Gasteiger charge is 2.32. The molecule has 7 heteroatoms. The lowest BCUT2D eigenvalue weighted by Crippen LogP contribution is -2.45. The van der Waals surface area contributed by atoms with Gasteiger partial charge in [-0.3, -0.25) is 14.5 Å². The zero-order valence-electron chi connectivity index (χ0n) is 13.5. The third-order valence-electron chi connectivity index (χ3n) is 4.87. The molecule has 1 aromatic carbocycles. The van der Waals surface area contributed by atoms with Crippen LogP contribution >= 0.6 is 0 Å². The summed E-state index contributed by atoms with van der Waals surface area (Å²) in [5, 5.41) is 2.75. The van der Waals surface area contributed by atoms with E-state index in [9.17, 15) is 9.59 Å². The van der Waals surface area contributed by atoms with Gasteiger partial charge in [0.2, 0.25) is 0 Å². The number of fused-ring (bicyclic) bond motifs is 1. The molecular weight excluding hydrogens is 310 g/mol. The highest BCUT2D eigenvalue weighted by atomic mass is 16.5. The molecule has 2 saturated heterocycles. The van der Waals surface area contributed by atoms with E-state index in [4.69, 9.17) is 9.47 Å². The molecule has 128 valence electrons. The number of anilines is 1. The topological polar surface area (TPSA) is 71.1 Å². The Morgan fingerprint density at radius 3 is 2.88 bits per heavy atom. The van der Waals surface area contributed by atoms with Crippen molar-refractivity contribution in [2.75, 3.05) is 51.3 Å². The lowest BCUT2D eigenvalue weighted by atomic mass is 10.1. The highest BCUT2D eigenvalue weighted by molar-refractivity contribution is 6.00. The van der Waals surface area contributed by atoms with Gasteiger partial charge >= 0.3 is 0 Å². The number of hydrogen-bond donors (Lipinski definition) is 1. The molecule has 4 rings (SSSR count). The molecule has 0 saturated carbocycles. The van der Waals surface area contributed by atoms with E-state index in [1.54, 1.807) is 18.2 Å². The predicted octanol–water partition coefficient (Wildman–Crippen LogP) is 0.564. The van der Waals surface area contributed by atoms with Gasteiger partial charge in [-0.2, -0.15) is 0 Å². The van der Waals surface area contributed by atoms with Crippen LogP contribution in [0.1, 0.15) is 16.8 Å². The standard InChI is InChI=1S/C17H21N3O4/c21-16-11-24-15-2-1-12(9-14(15)18-16)17(22)20-4-3-13(10-20)19-5-7-23-8-6-19/h1-2,9,13H,3-8,10-11H2,(H,18,21). The Morgan fingerprint density at radius 2 is 2.04 bits per heavy atom. The second-order valence-electron chi connectivity index (χ2n) is 6.39. The maximum atomic E-state index is 12.8. The summed E-state index contributed by atoms with van der Waals surface area (Å²) in [4.78, 5) is 28.5. The number of hydrogen-bond acceptors (Lipinski definition) is 5. The fourth-order valence-electron chi connectivity index (χ4n) is 3.57. The van der Waals surface area contributed by atoms with Crippen molar-refractivity contribution >= 4 is 17.5 Å². The van der Waals surface area contributed by atoms with Crippen molar-refractivity contribution < 1.29 is 19.1 Å². The fourth-order valence-corrected chi connectivity index (χ4v) is 3.57. The number of carbonyl (C=O) groups excluding carboxylic acids is 2. The molecule has 2 fully saturated rings. The average molecular weight is 331 g/mol. The van der Waals surface area contributed by atoms with E-state index < -0.39 is 0 Å². The first kappa shape index (κ1) is 15.4. The Hall–Kier alpha value is -2.12. The van der Waals surface area contributed by atoms with Crippen molar-refractivity contribution in [3.8, 4) is 5.75 Å². The quantitative estimate of drug-likeness (QED) is 0.858. The molecule has 3 aliphatic rings. The zero-order chi connectivity index (χ0) is 16.5. The van der Waals surface area contributed by atoms with Crippen molar-refractivity contribution in [3.05, 3.63) is 23.8 Å². The van der Waals surface area contributed by atoms with Crippen LogP contribution in [0.4, 0.5) is 5.69 Å². The minimum absolute atomic E-state index is 0.00776. The Bertz CT molecular complexity index is 657. The lowest BCUT2D eigenvalue weighted by Gasteiger charge is -2.32. The molecule has 0 radical (unpaired) electrons. The Morgan fingerprint density at radius 1 is 1.21 bits per heavy atom. The van der Waals surface area contributed by atoms with Crippen molar-refractivity contribution in [1.29, 1.82) is 0 Å². The van der Waals surface area contributed by atoms with Crippen LogP contribution in [0.2, 0.25) is 0 Å². The van der Waals surface area contributed by atoms with Crippen molar-refractivity contribution in [2.45, 2.75) is 12.5 Å². The maximum absolute atomic E-state index is 12.8. The van der Waals surface area contributed by atoms with E-state index in [0.717, 1.165) is 45.8 Å². The number of rotatable bonds is 2. The number of amides is 2. The number of likely N-dealkylation sites (tertiary alicyclic amines) is 1. The smallest absolute Gasteiger partial charge is 0.262 e. The molecule has 1 aromatic rings. The predicted molar refractivity (Wildman–Crippen MR) is 87.3 cm³/mol. The largest absolute Gasteiger partial charge is 0.482 e. The van der Waals surface area contributed by atoms with E-state index in [1.807, 2.05) is 4.90 Å². The number of morpholine rings is 1. The number of nitrogens with zero attached hydrogens (tertiary/aromatic N) is 2. The molecule has 0 aromatic heterocycles.